The number of halogens is 1. The van der Waals surface area contributed by atoms with Crippen molar-refractivity contribution in [2.75, 3.05) is 13.2 Å². The van der Waals surface area contributed by atoms with E-state index in [-0.39, 0.29) is 5.91 Å². The zero-order valence-corrected chi connectivity index (χ0v) is 13.7. The third-order valence-corrected chi connectivity index (χ3v) is 3.88. The number of nitrogens with one attached hydrogen (secondary N) is 1. The van der Waals surface area contributed by atoms with Crippen LogP contribution in [0.2, 0.25) is 5.02 Å². The lowest BCUT2D eigenvalue weighted by molar-refractivity contribution is 0.0950. The minimum absolute atomic E-state index is 0.114. The van der Waals surface area contributed by atoms with Gasteiger partial charge in [0.15, 0.2) is 11.5 Å². The molecule has 1 aliphatic heterocycles. The lowest BCUT2D eigenvalue weighted by atomic mass is 10.1. The third kappa shape index (κ3) is 3.77. The number of rotatable bonds is 3. The molecule has 1 heterocycles. The van der Waals surface area contributed by atoms with Crippen LogP contribution in [-0.2, 0) is 6.54 Å². The molecule has 0 bridgehead atoms. The van der Waals surface area contributed by atoms with Gasteiger partial charge in [0.25, 0.3) is 5.91 Å². The van der Waals surface area contributed by atoms with Crippen LogP contribution in [0, 0.1) is 6.92 Å². The summed E-state index contributed by atoms with van der Waals surface area (Å²) < 4.78 is 11.3. The maximum absolute atomic E-state index is 12.2. The van der Waals surface area contributed by atoms with Crippen LogP contribution in [0.4, 0.5) is 0 Å². The first-order chi connectivity index (χ1) is 11.1. The van der Waals surface area contributed by atoms with Gasteiger partial charge in [-0.2, -0.15) is 0 Å². The van der Waals surface area contributed by atoms with Crippen molar-refractivity contribution in [2.45, 2.75) is 19.9 Å². The highest BCUT2D eigenvalue weighted by Crippen LogP contribution is 2.37. The van der Waals surface area contributed by atoms with Gasteiger partial charge in [-0.15, -0.1) is 0 Å². The minimum atomic E-state index is -0.114. The van der Waals surface area contributed by atoms with E-state index >= 15 is 0 Å². The molecular weight excluding hydrogens is 314 g/mol. The second-order valence-corrected chi connectivity index (χ2v) is 5.91. The number of hydrogen-bond acceptors (Lipinski definition) is 3. The molecule has 5 heteroatoms. The van der Waals surface area contributed by atoms with Crippen LogP contribution in [-0.4, -0.2) is 19.1 Å². The Balaban J connectivity index is 1.72. The number of hydrogen-bond donors (Lipinski definition) is 1. The van der Waals surface area contributed by atoms with E-state index in [2.05, 4.69) is 5.32 Å². The van der Waals surface area contributed by atoms with Crippen molar-refractivity contribution in [1.29, 1.82) is 0 Å². The Labute approximate surface area is 140 Å². The first-order valence-electron chi connectivity index (χ1n) is 7.56. The van der Waals surface area contributed by atoms with Gasteiger partial charge in [0.05, 0.1) is 18.2 Å². The molecule has 1 aliphatic rings. The molecule has 3 rings (SSSR count). The highest BCUT2D eigenvalue weighted by molar-refractivity contribution is 6.32. The van der Waals surface area contributed by atoms with E-state index in [9.17, 15) is 4.79 Å². The molecule has 0 unspecified atom stereocenters. The van der Waals surface area contributed by atoms with Crippen LogP contribution in [0.5, 0.6) is 11.5 Å². The molecule has 0 fully saturated rings. The molecule has 0 aromatic heterocycles. The van der Waals surface area contributed by atoms with Crippen molar-refractivity contribution in [1.82, 2.24) is 5.32 Å². The summed E-state index contributed by atoms with van der Waals surface area (Å²) in [6, 6.07) is 11.1. The largest absolute Gasteiger partial charge is 0.489 e. The zero-order chi connectivity index (χ0) is 16.2. The molecular formula is C18H18ClNO3. The molecule has 2 aromatic rings. The maximum atomic E-state index is 12.2. The Hall–Kier alpha value is -2.20. The lowest BCUT2D eigenvalue weighted by Crippen LogP contribution is -2.22. The van der Waals surface area contributed by atoms with Crippen LogP contribution in [0.15, 0.2) is 36.4 Å². The normalized spacial score (nSPS) is 13.3. The van der Waals surface area contributed by atoms with Gasteiger partial charge in [-0.1, -0.05) is 29.3 Å². The Kier molecular flexibility index (Phi) is 4.72. The molecule has 1 amide bonds. The summed E-state index contributed by atoms with van der Waals surface area (Å²) in [6.07, 6.45) is 0.824. The summed E-state index contributed by atoms with van der Waals surface area (Å²) in [7, 11) is 0. The van der Waals surface area contributed by atoms with Crippen LogP contribution in [0.3, 0.4) is 0 Å². The number of carbonyl (C=O) groups is 1. The number of benzene rings is 2. The standard InChI is InChI=1S/C18H18ClNO3/c1-12-4-2-5-14(8-12)18(21)20-11-13-9-15(19)17-16(10-13)22-6-3-7-23-17/h2,4-5,8-10H,3,6-7,11H2,1H3,(H,20,21). The van der Waals surface area contributed by atoms with Gasteiger partial charge in [0.1, 0.15) is 0 Å². The smallest absolute Gasteiger partial charge is 0.251 e. The molecule has 0 saturated carbocycles. The van der Waals surface area contributed by atoms with Crippen molar-refractivity contribution in [3.8, 4) is 11.5 Å². The van der Waals surface area contributed by atoms with Gasteiger partial charge in [-0.3, -0.25) is 4.79 Å². The van der Waals surface area contributed by atoms with Crippen molar-refractivity contribution in [2.24, 2.45) is 0 Å². The van der Waals surface area contributed by atoms with E-state index in [0.29, 0.717) is 41.8 Å². The third-order valence-electron chi connectivity index (χ3n) is 3.60. The quantitative estimate of drug-likeness (QED) is 0.932. The molecule has 120 valence electrons. The summed E-state index contributed by atoms with van der Waals surface area (Å²) in [5.41, 5.74) is 2.57. The van der Waals surface area contributed by atoms with E-state index < -0.39 is 0 Å². The molecule has 4 nitrogen and oxygen atoms in total. The number of carbonyl (C=O) groups excluding carboxylic acids is 1. The number of ether oxygens (including phenoxy) is 2. The molecule has 0 saturated heterocycles. The fraction of sp³-hybridized carbons (Fsp3) is 0.278. The summed E-state index contributed by atoms with van der Waals surface area (Å²) >= 11 is 6.26. The predicted molar refractivity (Wildman–Crippen MR) is 89.4 cm³/mol. The molecule has 0 atom stereocenters. The van der Waals surface area contributed by atoms with Crippen molar-refractivity contribution in [3.63, 3.8) is 0 Å². The molecule has 0 radical (unpaired) electrons. The van der Waals surface area contributed by atoms with Crippen molar-refractivity contribution < 1.29 is 14.3 Å². The van der Waals surface area contributed by atoms with E-state index in [1.54, 1.807) is 12.1 Å². The Morgan fingerprint density at radius 1 is 1.22 bits per heavy atom. The Bertz CT molecular complexity index is 730. The summed E-state index contributed by atoms with van der Waals surface area (Å²) in [4.78, 5) is 12.2. The monoisotopic (exact) mass is 331 g/mol. The number of amides is 1. The Morgan fingerprint density at radius 2 is 2.04 bits per heavy atom. The first-order valence-corrected chi connectivity index (χ1v) is 7.94. The van der Waals surface area contributed by atoms with E-state index in [1.165, 1.54) is 0 Å². The molecule has 23 heavy (non-hydrogen) atoms. The van der Waals surface area contributed by atoms with Gasteiger partial charge in [0, 0.05) is 18.5 Å². The molecule has 1 N–H and O–H groups in total. The fourth-order valence-corrected chi connectivity index (χ4v) is 2.74. The van der Waals surface area contributed by atoms with Gasteiger partial charge in [-0.25, -0.2) is 0 Å². The summed E-state index contributed by atoms with van der Waals surface area (Å²) in [6.45, 7) is 3.53. The zero-order valence-electron chi connectivity index (χ0n) is 12.9. The van der Waals surface area contributed by atoms with Gasteiger partial charge >= 0.3 is 0 Å². The van der Waals surface area contributed by atoms with E-state index in [4.69, 9.17) is 21.1 Å². The second kappa shape index (κ2) is 6.92. The highest BCUT2D eigenvalue weighted by atomic mass is 35.5. The number of aryl methyl sites for hydroxylation is 1. The topological polar surface area (TPSA) is 47.6 Å². The van der Waals surface area contributed by atoms with Crippen LogP contribution in [0.25, 0.3) is 0 Å². The highest BCUT2D eigenvalue weighted by Gasteiger charge is 2.16. The summed E-state index contributed by atoms with van der Waals surface area (Å²) in [5, 5.41) is 3.40. The predicted octanol–water partition coefficient (Wildman–Crippen LogP) is 3.74. The van der Waals surface area contributed by atoms with Gasteiger partial charge < -0.3 is 14.8 Å². The van der Waals surface area contributed by atoms with Gasteiger partial charge in [0.2, 0.25) is 0 Å². The minimum Gasteiger partial charge on any atom is -0.489 e. The summed E-state index contributed by atoms with van der Waals surface area (Å²) in [5.74, 6) is 1.10. The van der Waals surface area contributed by atoms with E-state index in [1.807, 2.05) is 31.2 Å². The lowest BCUT2D eigenvalue weighted by Gasteiger charge is -2.12. The fourth-order valence-electron chi connectivity index (χ4n) is 2.46. The maximum Gasteiger partial charge on any atom is 0.251 e. The molecule has 2 aromatic carbocycles. The first kappa shape index (κ1) is 15.7. The van der Waals surface area contributed by atoms with Crippen molar-refractivity contribution in [3.05, 3.63) is 58.1 Å². The van der Waals surface area contributed by atoms with Crippen LogP contribution >= 0.6 is 11.6 Å². The molecule has 0 aliphatic carbocycles. The van der Waals surface area contributed by atoms with Crippen LogP contribution in [0.1, 0.15) is 27.9 Å². The Morgan fingerprint density at radius 3 is 2.87 bits per heavy atom. The van der Waals surface area contributed by atoms with E-state index in [0.717, 1.165) is 17.5 Å². The average Bonchev–Trinajstić information content (AvgIpc) is 2.78. The molecule has 0 spiro atoms. The van der Waals surface area contributed by atoms with Crippen LogP contribution < -0.4 is 14.8 Å². The van der Waals surface area contributed by atoms with Crippen molar-refractivity contribution >= 4 is 17.5 Å². The van der Waals surface area contributed by atoms with Gasteiger partial charge in [-0.05, 0) is 36.8 Å². The SMILES string of the molecule is Cc1cccc(C(=O)NCc2cc(Cl)c3c(c2)OCCCO3)c1. The number of fused-ring (bicyclic) bond motifs is 1. The second-order valence-electron chi connectivity index (χ2n) is 5.51. The average molecular weight is 332 g/mol.